The third-order valence-corrected chi connectivity index (χ3v) is 7.95. The summed E-state index contributed by atoms with van der Waals surface area (Å²) < 4.78 is 0. The Morgan fingerprint density at radius 1 is 1.19 bits per heavy atom. The minimum atomic E-state index is 0.255. The van der Waals surface area contributed by atoms with E-state index >= 15 is 0 Å². The molecule has 5 unspecified atom stereocenters. The second kappa shape index (κ2) is 9.17. The van der Waals surface area contributed by atoms with Gasteiger partial charge in [-0.2, -0.15) is 0 Å². The third kappa shape index (κ3) is 5.00. The van der Waals surface area contributed by atoms with Crippen molar-refractivity contribution in [2.24, 2.45) is 23.2 Å². The first-order valence-corrected chi connectivity index (χ1v) is 11.7. The van der Waals surface area contributed by atoms with Gasteiger partial charge in [0.2, 0.25) is 0 Å². The molecule has 0 aliphatic heterocycles. The Bertz CT molecular complexity index is 620. The summed E-state index contributed by atoms with van der Waals surface area (Å²) in [5.41, 5.74) is 5.34. The van der Waals surface area contributed by atoms with Gasteiger partial charge in [-0.05, 0) is 94.3 Å². The molecule has 3 fully saturated rings. The van der Waals surface area contributed by atoms with Gasteiger partial charge in [0.05, 0.1) is 0 Å². The average molecular weight is 387 g/mol. The maximum absolute atomic E-state index is 6.08. The first kappa shape index (κ1) is 21.0. The van der Waals surface area contributed by atoms with Crippen LogP contribution in [0.1, 0.15) is 85.0 Å². The maximum Gasteiger partial charge on any atom is 0.0342 e. The highest BCUT2D eigenvalue weighted by Crippen LogP contribution is 2.58. The Hall–Kier alpha value is -0.750. The molecule has 0 spiro atoms. The largest absolute Gasteiger partial charge is 0.123 e. The SMILES string of the molecule is C=C1CC/C(=C/C=C2\CCCC3(C)C(C/C=C/CC(C)Cl)CCC23)CC1C. The highest BCUT2D eigenvalue weighted by atomic mass is 35.5. The van der Waals surface area contributed by atoms with E-state index < -0.39 is 0 Å². The van der Waals surface area contributed by atoms with Gasteiger partial charge in [-0.1, -0.05) is 61.4 Å². The van der Waals surface area contributed by atoms with E-state index in [-0.39, 0.29) is 5.38 Å². The lowest BCUT2D eigenvalue weighted by atomic mass is 9.63. The number of fused-ring (bicyclic) bond motifs is 1. The summed E-state index contributed by atoms with van der Waals surface area (Å²) in [6, 6.07) is 0. The van der Waals surface area contributed by atoms with Gasteiger partial charge >= 0.3 is 0 Å². The molecule has 0 bridgehead atoms. The monoisotopic (exact) mass is 386 g/mol. The molecule has 3 aliphatic carbocycles. The van der Waals surface area contributed by atoms with Crippen LogP contribution in [0.25, 0.3) is 0 Å². The third-order valence-electron chi connectivity index (χ3n) is 7.77. The lowest BCUT2D eigenvalue weighted by Crippen LogP contribution is -2.33. The van der Waals surface area contributed by atoms with E-state index in [2.05, 4.69) is 51.7 Å². The lowest BCUT2D eigenvalue weighted by Gasteiger charge is -2.42. The predicted octanol–water partition coefficient (Wildman–Crippen LogP) is 8.40. The zero-order valence-electron chi connectivity index (χ0n) is 17.8. The van der Waals surface area contributed by atoms with Gasteiger partial charge in [-0.25, -0.2) is 0 Å². The molecule has 0 radical (unpaired) electrons. The summed E-state index contributed by atoms with van der Waals surface area (Å²) in [5.74, 6) is 2.32. The second-order valence-electron chi connectivity index (χ2n) is 9.74. The number of alkyl halides is 1. The number of allylic oxidation sites excluding steroid dienone is 7. The van der Waals surface area contributed by atoms with Crippen molar-refractivity contribution in [3.05, 3.63) is 47.6 Å². The van der Waals surface area contributed by atoms with Crippen LogP contribution in [0.2, 0.25) is 0 Å². The van der Waals surface area contributed by atoms with E-state index in [0.29, 0.717) is 11.3 Å². The van der Waals surface area contributed by atoms with Crippen LogP contribution in [0.4, 0.5) is 0 Å². The van der Waals surface area contributed by atoms with Crippen LogP contribution in [-0.4, -0.2) is 5.38 Å². The van der Waals surface area contributed by atoms with Crippen LogP contribution in [0.5, 0.6) is 0 Å². The molecule has 3 saturated carbocycles. The fraction of sp³-hybridized carbons (Fsp3) is 0.692. The Kier molecular flexibility index (Phi) is 7.12. The summed E-state index contributed by atoms with van der Waals surface area (Å²) >= 11 is 6.08. The molecule has 3 aliphatic rings. The van der Waals surface area contributed by atoms with Gasteiger partial charge in [-0.15, -0.1) is 11.6 Å². The van der Waals surface area contributed by atoms with Crippen molar-refractivity contribution < 1.29 is 0 Å². The Morgan fingerprint density at radius 3 is 2.74 bits per heavy atom. The van der Waals surface area contributed by atoms with Crippen molar-refractivity contribution >= 4 is 11.6 Å². The Morgan fingerprint density at radius 2 is 2.00 bits per heavy atom. The lowest BCUT2D eigenvalue weighted by molar-refractivity contribution is 0.137. The van der Waals surface area contributed by atoms with Gasteiger partial charge in [0.15, 0.2) is 0 Å². The van der Waals surface area contributed by atoms with E-state index in [0.717, 1.165) is 18.3 Å². The van der Waals surface area contributed by atoms with Crippen molar-refractivity contribution in [1.82, 2.24) is 0 Å². The molecule has 150 valence electrons. The molecule has 0 N–H and O–H groups in total. The van der Waals surface area contributed by atoms with Crippen LogP contribution >= 0.6 is 11.6 Å². The highest BCUT2D eigenvalue weighted by molar-refractivity contribution is 6.20. The molecule has 3 rings (SSSR count). The van der Waals surface area contributed by atoms with Gasteiger partial charge in [0, 0.05) is 5.38 Å². The van der Waals surface area contributed by atoms with E-state index in [9.17, 15) is 0 Å². The normalized spacial score (nSPS) is 38.7. The standard InChI is InChI=1S/C26H39Cl/c1-19-11-12-22(18-20(19)2)13-14-23-9-7-17-26(4)24(15-16-25(23)26)10-6-5-8-21(3)27/h5-6,13-14,20-21,24-25H,1,7-12,15-18H2,2-4H3/b6-5+,22-13-,23-14+. The van der Waals surface area contributed by atoms with Crippen molar-refractivity contribution in [3.8, 4) is 0 Å². The molecule has 0 aromatic heterocycles. The summed E-state index contributed by atoms with van der Waals surface area (Å²) in [6.07, 6.45) is 22.5. The molecule has 5 atom stereocenters. The van der Waals surface area contributed by atoms with Crippen molar-refractivity contribution in [2.45, 2.75) is 90.4 Å². The molecule has 0 amide bonds. The van der Waals surface area contributed by atoms with E-state index in [1.165, 1.54) is 63.4 Å². The van der Waals surface area contributed by atoms with Crippen LogP contribution in [0.15, 0.2) is 47.6 Å². The average Bonchev–Trinajstić information content (AvgIpc) is 2.96. The Labute approximate surface area is 172 Å². The first-order valence-electron chi connectivity index (χ1n) is 11.3. The van der Waals surface area contributed by atoms with Crippen molar-refractivity contribution in [3.63, 3.8) is 0 Å². The van der Waals surface area contributed by atoms with Gasteiger partial charge in [0.25, 0.3) is 0 Å². The quantitative estimate of drug-likeness (QED) is 0.328. The molecule has 27 heavy (non-hydrogen) atoms. The summed E-state index contributed by atoms with van der Waals surface area (Å²) in [4.78, 5) is 0. The molecule has 0 heterocycles. The maximum atomic E-state index is 6.08. The fourth-order valence-electron chi connectivity index (χ4n) is 5.86. The molecular weight excluding hydrogens is 348 g/mol. The zero-order chi connectivity index (χ0) is 19.4. The topological polar surface area (TPSA) is 0 Å². The number of halogens is 1. The van der Waals surface area contributed by atoms with Crippen molar-refractivity contribution in [1.29, 1.82) is 0 Å². The summed E-state index contributed by atoms with van der Waals surface area (Å²) in [5, 5.41) is 0.255. The molecule has 0 aromatic rings. The summed E-state index contributed by atoms with van der Waals surface area (Å²) in [7, 11) is 0. The van der Waals surface area contributed by atoms with Crippen LogP contribution in [0, 0.1) is 23.2 Å². The second-order valence-corrected chi connectivity index (χ2v) is 10.5. The fourth-order valence-corrected chi connectivity index (χ4v) is 5.96. The molecule has 0 nitrogen and oxygen atoms in total. The number of hydrogen-bond donors (Lipinski definition) is 0. The van der Waals surface area contributed by atoms with Gasteiger partial charge in [-0.3, -0.25) is 0 Å². The molecular formula is C26H39Cl. The van der Waals surface area contributed by atoms with E-state index in [1.807, 2.05) is 0 Å². The van der Waals surface area contributed by atoms with Crippen LogP contribution < -0.4 is 0 Å². The van der Waals surface area contributed by atoms with E-state index in [1.54, 1.807) is 11.1 Å². The summed E-state index contributed by atoms with van der Waals surface area (Å²) in [6.45, 7) is 11.2. The van der Waals surface area contributed by atoms with E-state index in [4.69, 9.17) is 11.6 Å². The van der Waals surface area contributed by atoms with Gasteiger partial charge in [0.1, 0.15) is 0 Å². The minimum Gasteiger partial charge on any atom is -0.123 e. The first-order chi connectivity index (χ1) is 12.9. The van der Waals surface area contributed by atoms with Gasteiger partial charge < -0.3 is 0 Å². The van der Waals surface area contributed by atoms with Crippen molar-refractivity contribution in [2.75, 3.05) is 0 Å². The van der Waals surface area contributed by atoms with Crippen LogP contribution in [0.3, 0.4) is 0 Å². The number of rotatable bonds is 5. The molecule has 0 saturated heterocycles. The zero-order valence-corrected chi connectivity index (χ0v) is 18.5. The molecule has 1 heteroatoms. The van der Waals surface area contributed by atoms with Crippen LogP contribution in [-0.2, 0) is 0 Å². The minimum absolute atomic E-state index is 0.255. The molecule has 0 aromatic carbocycles. The Balaban J connectivity index is 1.66. The predicted molar refractivity (Wildman–Crippen MR) is 120 cm³/mol. The highest BCUT2D eigenvalue weighted by Gasteiger charge is 2.48. The smallest absolute Gasteiger partial charge is 0.0342 e. The number of hydrogen-bond acceptors (Lipinski definition) is 0.